The summed E-state index contributed by atoms with van der Waals surface area (Å²) in [4.78, 5) is 14.6. The van der Waals surface area contributed by atoms with Gasteiger partial charge in [-0.2, -0.15) is 0 Å². The SMILES string of the molecule is CC1CN(C(=O)C2CCc3ccccc3C2)CC1N. The number of likely N-dealkylation sites (tertiary alicyclic amines) is 1. The molecule has 3 rings (SSSR count). The molecule has 2 N–H and O–H groups in total. The Hall–Kier alpha value is -1.35. The molecule has 0 radical (unpaired) electrons. The number of benzene rings is 1. The Morgan fingerprint density at radius 3 is 2.68 bits per heavy atom. The summed E-state index contributed by atoms with van der Waals surface area (Å²) in [5.74, 6) is 0.904. The Morgan fingerprint density at radius 1 is 1.26 bits per heavy atom. The number of fused-ring (bicyclic) bond motifs is 1. The van der Waals surface area contributed by atoms with Gasteiger partial charge in [0.1, 0.15) is 0 Å². The van der Waals surface area contributed by atoms with Gasteiger partial charge in [0.2, 0.25) is 5.91 Å². The van der Waals surface area contributed by atoms with E-state index in [-0.39, 0.29) is 12.0 Å². The summed E-state index contributed by atoms with van der Waals surface area (Å²) in [5, 5.41) is 0. The number of hydrogen-bond acceptors (Lipinski definition) is 2. The fourth-order valence-corrected chi connectivity index (χ4v) is 3.34. The predicted molar refractivity (Wildman–Crippen MR) is 75.7 cm³/mol. The summed E-state index contributed by atoms with van der Waals surface area (Å²) >= 11 is 0. The molecule has 102 valence electrons. The first kappa shape index (κ1) is 12.7. The maximum Gasteiger partial charge on any atom is 0.226 e. The predicted octanol–water partition coefficient (Wildman–Crippen LogP) is 1.60. The van der Waals surface area contributed by atoms with Gasteiger partial charge in [-0.3, -0.25) is 4.79 Å². The van der Waals surface area contributed by atoms with Gasteiger partial charge in [0, 0.05) is 25.0 Å². The molecule has 0 saturated carbocycles. The lowest BCUT2D eigenvalue weighted by atomic mass is 9.83. The van der Waals surface area contributed by atoms with Crippen molar-refractivity contribution in [3.05, 3.63) is 35.4 Å². The van der Waals surface area contributed by atoms with E-state index in [4.69, 9.17) is 5.73 Å². The third-order valence-electron chi connectivity index (χ3n) is 4.68. The number of carbonyl (C=O) groups is 1. The Labute approximate surface area is 114 Å². The zero-order valence-corrected chi connectivity index (χ0v) is 11.5. The van der Waals surface area contributed by atoms with Crippen LogP contribution in [0.15, 0.2) is 24.3 Å². The average Bonchev–Trinajstić information content (AvgIpc) is 2.77. The quantitative estimate of drug-likeness (QED) is 0.831. The van der Waals surface area contributed by atoms with E-state index < -0.39 is 0 Å². The van der Waals surface area contributed by atoms with Crippen LogP contribution >= 0.6 is 0 Å². The van der Waals surface area contributed by atoms with Crippen molar-refractivity contribution < 1.29 is 4.79 Å². The van der Waals surface area contributed by atoms with Crippen molar-refractivity contribution in [2.75, 3.05) is 13.1 Å². The van der Waals surface area contributed by atoms with Crippen LogP contribution in [0, 0.1) is 11.8 Å². The Kier molecular flexibility index (Phi) is 3.31. The second-order valence-corrected chi connectivity index (χ2v) is 6.09. The number of rotatable bonds is 1. The number of nitrogens with two attached hydrogens (primary N) is 1. The highest BCUT2D eigenvalue weighted by molar-refractivity contribution is 5.80. The molecule has 3 nitrogen and oxygen atoms in total. The molecule has 0 spiro atoms. The molecule has 1 saturated heterocycles. The van der Waals surface area contributed by atoms with Crippen LogP contribution in [0.4, 0.5) is 0 Å². The van der Waals surface area contributed by atoms with Crippen molar-refractivity contribution in [1.29, 1.82) is 0 Å². The monoisotopic (exact) mass is 258 g/mol. The van der Waals surface area contributed by atoms with Crippen LogP contribution in [0.25, 0.3) is 0 Å². The standard InChI is InChI=1S/C16H22N2O/c1-11-9-18(10-15(11)17)16(19)14-7-6-12-4-2-3-5-13(12)8-14/h2-5,11,14-15H,6-10,17H2,1H3. The number of amides is 1. The highest BCUT2D eigenvalue weighted by atomic mass is 16.2. The lowest BCUT2D eigenvalue weighted by Gasteiger charge is -2.27. The van der Waals surface area contributed by atoms with Crippen molar-refractivity contribution in [3.8, 4) is 0 Å². The first-order chi connectivity index (χ1) is 9.15. The van der Waals surface area contributed by atoms with Crippen LogP contribution in [0.2, 0.25) is 0 Å². The molecule has 1 heterocycles. The van der Waals surface area contributed by atoms with E-state index in [1.165, 1.54) is 11.1 Å². The van der Waals surface area contributed by atoms with Crippen molar-refractivity contribution in [2.24, 2.45) is 17.6 Å². The number of aryl methyl sites for hydroxylation is 1. The van der Waals surface area contributed by atoms with E-state index in [9.17, 15) is 4.79 Å². The van der Waals surface area contributed by atoms with Crippen molar-refractivity contribution in [2.45, 2.75) is 32.2 Å². The Morgan fingerprint density at radius 2 is 2.00 bits per heavy atom. The zero-order chi connectivity index (χ0) is 13.4. The fourth-order valence-electron chi connectivity index (χ4n) is 3.34. The van der Waals surface area contributed by atoms with Crippen molar-refractivity contribution in [1.82, 2.24) is 4.90 Å². The lowest BCUT2D eigenvalue weighted by Crippen LogP contribution is -2.38. The van der Waals surface area contributed by atoms with Crippen LogP contribution in [0.3, 0.4) is 0 Å². The van der Waals surface area contributed by atoms with Gasteiger partial charge in [0.25, 0.3) is 0 Å². The Balaban J connectivity index is 1.70. The van der Waals surface area contributed by atoms with E-state index >= 15 is 0 Å². The molecule has 3 unspecified atom stereocenters. The molecule has 0 bridgehead atoms. The Bertz CT molecular complexity index is 475. The first-order valence-corrected chi connectivity index (χ1v) is 7.26. The van der Waals surface area contributed by atoms with Gasteiger partial charge < -0.3 is 10.6 Å². The van der Waals surface area contributed by atoms with Gasteiger partial charge in [0.05, 0.1) is 0 Å². The summed E-state index contributed by atoms with van der Waals surface area (Å²) in [6.07, 6.45) is 2.91. The highest BCUT2D eigenvalue weighted by Gasteiger charge is 2.34. The van der Waals surface area contributed by atoms with Crippen molar-refractivity contribution in [3.63, 3.8) is 0 Å². The van der Waals surface area contributed by atoms with Gasteiger partial charge in [-0.05, 0) is 36.3 Å². The van der Waals surface area contributed by atoms with Crippen LogP contribution < -0.4 is 5.73 Å². The summed E-state index contributed by atoms with van der Waals surface area (Å²) in [6.45, 7) is 3.70. The van der Waals surface area contributed by atoms with Crippen LogP contribution in [0.5, 0.6) is 0 Å². The van der Waals surface area contributed by atoms with Crippen LogP contribution in [-0.4, -0.2) is 29.9 Å². The third-order valence-corrected chi connectivity index (χ3v) is 4.68. The largest absolute Gasteiger partial charge is 0.341 e. The lowest BCUT2D eigenvalue weighted by molar-refractivity contribution is -0.135. The topological polar surface area (TPSA) is 46.3 Å². The van der Waals surface area contributed by atoms with Gasteiger partial charge >= 0.3 is 0 Å². The number of nitrogens with zero attached hydrogens (tertiary/aromatic N) is 1. The van der Waals surface area contributed by atoms with E-state index in [1.807, 2.05) is 4.90 Å². The van der Waals surface area contributed by atoms with Gasteiger partial charge in [0.15, 0.2) is 0 Å². The molecule has 1 aliphatic heterocycles. The second kappa shape index (κ2) is 4.97. The molecule has 2 aliphatic rings. The molecule has 0 aromatic heterocycles. The minimum Gasteiger partial charge on any atom is -0.341 e. The maximum atomic E-state index is 12.6. The van der Waals surface area contributed by atoms with Gasteiger partial charge in [-0.15, -0.1) is 0 Å². The second-order valence-electron chi connectivity index (χ2n) is 6.09. The fraction of sp³-hybridized carbons (Fsp3) is 0.562. The number of carbonyl (C=O) groups excluding carboxylic acids is 1. The summed E-state index contributed by atoms with van der Waals surface area (Å²) < 4.78 is 0. The molecule has 3 atom stereocenters. The van der Waals surface area contributed by atoms with Crippen molar-refractivity contribution >= 4 is 5.91 Å². The molecular weight excluding hydrogens is 236 g/mol. The summed E-state index contributed by atoms with van der Waals surface area (Å²) in [5.41, 5.74) is 8.78. The van der Waals surface area contributed by atoms with E-state index in [1.54, 1.807) is 0 Å². The molecule has 1 amide bonds. The molecule has 1 aromatic rings. The minimum atomic E-state index is 0.153. The van der Waals surface area contributed by atoms with E-state index in [0.717, 1.165) is 32.4 Å². The molecule has 3 heteroatoms. The smallest absolute Gasteiger partial charge is 0.226 e. The molecule has 1 fully saturated rings. The van der Waals surface area contributed by atoms with E-state index in [0.29, 0.717) is 11.8 Å². The third kappa shape index (κ3) is 2.39. The molecule has 1 aromatic carbocycles. The summed E-state index contributed by atoms with van der Waals surface area (Å²) in [6, 6.07) is 8.65. The van der Waals surface area contributed by atoms with Crippen LogP contribution in [-0.2, 0) is 17.6 Å². The summed E-state index contributed by atoms with van der Waals surface area (Å²) in [7, 11) is 0. The normalized spacial score (nSPS) is 30.2. The van der Waals surface area contributed by atoms with Crippen LogP contribution in [0.1, 0.15) is 24.5 Å². The average molecular weight is 258 g/mol. The highest BCUT2D eigenvalue weighted by Crippen LogP contribution is 2.28. The first-order valence-electron chi connectivity index (χ1n) is 7.26. The van der Waals surface area contributed by atoms with Gasteiger partial charge in [-0.25, -0.2) is 0 Å². The maximum absolute atomic E-state index is 12.6. The molecule has 1 aliphatic carbocycles. The minimum absolute atomic E-state index is 0.153. The zero-order valence-electron chi connectivity index (χ0n) is 11.5. The molecule has 19 heavy (non-hydrogen) atoms. The van der Waals surface area contributed by atoms with E-state index in [2.05, 4.69) is 31.2 Å². The van der Waals surface area contributed by atoms with Gasteiger partial charge in [-0.1, -0.05) is 31.2 Å². The number of hydrogen-bond donors (Lipinski definition) is 1. The molecular formula is C16H22N2O.